The lowest BCUT2D eigenvalue weighted by Crippen LogP contribution is -2.42. The Morgan fingerprint density at radius 1 is 0.939 bits per heavy atom. The molecule has 1 fully saturated rings. The molecule has 1 aliphatic heterocycles. The van der Waals surface area contributed by atoms with Gasteiger partial charge in [-0.1, -0.05) is 60.7 Å². The van der Waals surface area contributed by atoms with Crippen LogP contribution in [0.5, 0.6) is 0 Å². The SMILES string of the molecule is O=C(Nc1ccc(N2CCC(O)(c3ccccc3)CC2)nc1)c1cc(-c2ccccc2)cs1. The number of benzene rings is 2. The van der Waals surface area contributed by atoms with Crippen molar-refractivity contribution in [2.45, 2.75) is 18.4 Å². The topological polar surface area (TPSA) is 65.5 Å². The minimum Gasteiger partial charge on any atom is -0.385 e. The van der Waals surface area contributed by atoms with Gasteiger partial charge in [-0.25, -0.2) is 4.98 Å². The highest BCUT2D eigenvalue weighted by Gasteiger charge is 2.34. The van der Waals surface area contributed by atoms with Crippen molar-refractivity contribution >= 4 is 28.7 Å². The fourth-order valence-corrected chi connectivity index (χ4v) is 5.03. The van der Waals surface area contributed by atoms with Gasteiger partial charge in [0.05, 0.1) is 22.4 Å². The van der Waals surface area contributed by atoms with E-state index < -0.39 is 5.60 Å². The Balaban J connectivity index is 1.20. The smallest absolute Gasteiger partial charge is 0.265 e. The van der Waals surface area contributed by atoms with Crippen molar-refractivity contribution in [1.82, 2.24) is 4.98 Å². The van der Waals surface area contributed by atoms with Gasteiger partial charge in [-0.3, -0.25) is 4.79 Å². The van der Waals surface area contributed by atoms with Crippen LogP contribution in [-0.2, 0) is 5.60 Å². The molecule has 6 heteroatoms. The first-order valence-electron chi connectivity index (χ1n) is 11.0. The van der Waals surface area contributed by atoms with Gasteiger partial charge in [0.2, 0.25) is 0 Å². The Kier molecular flexibility index (Phi) is 5.94. The normalized spacial score (nSPS) is 15.2. The van der Waals surface area contributed by atoms with Gasteiger partial charge in [0, 0.05) is 13.1 Å². The molecule has 0 bridgehead atoms. The highest BCUT2D eigenvalue weighted by Crippen LogP contribution is 2.34. The predicted molar refractivity (Wildman–Crippen MR) is 134 cm³/mol. The van der Waals surface area contributed by atoms with Crippen LogP contribution in [0, 0.1) is 0 Å². The van der Waals surface area contributed by atoms with Crippen LogP contribution < -0.4 is 10.2 Å². The number of anilines is 2. The lowest BCUT2D eigenvalue weighted by molar-refractivity contribution is 0.0116. The maximum absolute atomic E-state index is 12.7. The fourth-order valence-electron chi connectivity index (χ4n) is 4.22. The number of aromatic nitrogens is 1. The highest BCUT2D eigenvalue weighted by atomic mass is 32.1. The number of thiophene rings is 1. The van der Waals surface area contributed by atoms with Gasteiger partial charge in [0.25, 0.3) is 5.91 Å². The second kappa shape index (κ2) is 9.17. The van der Waals surface area contributed by atoms with E-state index in [4.69, 9.17) is 0 Å². The summed E-state index contributed by atoms with van der Waals surface area (Å²) in [5.74, 6) is 0.716. The standard InChI is InChI=1S/C27H25N3O2S/c31-26(24-17-21(19-33-24)20-7-3-1-4-8-20)29-23-11-12-25(28-18-23)30-15-13-27(32,14-16-30)22-9-5-2-6-10-22/h1-12,17-19,32H,13-16H2,(H,29,31). The van der Waals surface area contributed by atoms with E-state index in [9.17, 15) is 9.90 Å². The van der Waals surface area contributed by atoms with Crippen molar-refractivity contribution < 1.29 is 9.90 Å². The van der Waals surface area contributed by atoms with Crippen LogP contribution >= 0.6 is 11.3 Å². The van der Waals surface area contributed by atoms with E-state index in [0.29, 0.717) is 23.4 Å². The molecule has 0 spiro atoms. The molecule has 166 valence electrons. The van der Waals surface area contributed by atoms with Crippen molar-refractivity contribution in [3.05, 3.63) is 101 Å². The zero-order valence-corrected chi connectivity index (χ0v) is 19.0. The summed E-state index contributed by atoms with van der Waals surface area (Å²) in [5.41, 5.74) is 2.99. The maximum Gasteiger partial charge on any atom is 0.265 e. The van der Waals surface area contributed by atoms with E-state index in [1.165, 1.54) is 11.3 Å². The number of nitrogens with one attached hydrogen (secondary N) is 1. The molecule has 1 aliphatic rings. The third-order valence-corrected chi connectivity index (χ3v) is 7.09. The molecule has 5 nitrogen and oxygen atoms in total. The third-order valence-electron chi connectivity index (χ3n) is 6.16. The number of hydrogen-bond donors (Lipinski definition) is 2. The third kappa shape index (κ3) is 4.67. The van der Waals surface area contributed by atoms with Crippen LogP contribution in [0.1, 0.15) is 28.1 Å². The second-order valence-corrected chi connectivity index (χ2v) is 9.22. The monoisotopic (exact) mass is 455 g/mol. The van der Waals surface area contributed by atoms with Crippen molar-refractivity contribution in [2.75, 3.05) is 23.3 Å². The molecule has 1 saturated heterocycles. The molecular weight excluding hydrogens is 430 g/mol. The van der Waals surface area contributed by atoms with Crippen LogP contribution in [-0.4, -0.2) is 29.1 Å². The summed E-state index contributed by atoms with van der Waals surface area (Å²) in [4.78, 5) is 20.1. The van der Waals surface area contributed by atoms with Crippen LogP contribution in [0.3, 0.4) is 0 Å². The summed E-state index contributed by atoms with van der Waals surface area (Å²) in [7, 11) is 0. The van der Waals surface area contributed by atoms with E-state index in [1.54, 1.807) is 6.20 Å². The summed E-state index contributed by atoms with van der Waals surface area (Å²) in [5, 5.41) is 16.0. The maximum atomic E-state index is 12.7. The molecule has 2 aromatic carbocycles. The number of piperidine rings is 1. The summed E-state index contributed by atoms with van der Waals surface area (Å²) >= 11 is 1.43. The molecule has 33 heavy (non-hydrogen) atoms. The number of amides is 1. The number of carbonyl (C=O) groups is 1. The molecule has 2 aromatic heterocycles. The molecular formula is C27H25N3O2S. The molecule has 0 atom stereocenters. The van der Waals surface area contributed by atoms with Crippen molar-refractivity contribution in [2.24, 2.45) is 0 Å². The van der Waals surface area contributed by atoms with E-state index in [0.717, 1.165) is 35.6 Å². The average Bonchev–Trinajstić information content (AvgIpc) is 3.37. The fraction of sp³-hybridized carbons (Fsp3) is 0.185. The minimum atomic E-state index is -0.787. The van der Waals surface area contributed by atoms with Gasteiger partial charge in [-0.05, 0) is 53.1 Å². The van der Waals surface area contributed by atoms with Crippen LogP contribution in [0.2, 0.25) is 0 Å². The Morgan fingerprint density at radius 2 is 1.64 bits per heavy atom. The Bertz CT molecular complexity index is 1220. The number of carbonyl (C=O) groups excluding carboxylic acids is 1. The van der Waals surface area contributed by atoms with Crippen LogP contribution in [0.4, 0.5) is 11.5 Å². The van der Waals surface area contributed by atoms with Crippen LogP contribution in [0.15, 0.2) is 90.4 Å². The predicted octanol–water partition coefficient (Wildman–Crippen LogP) is 5.55. The molecule has 2 N–H and O–H groups in total. The Labute approximate surface area is 197 Å². The summed E-state index contributed by atoms with van der Waals surface area (Å²) in [6.07, 6.45) is 3.00. The second-order valence-electron chi connectivity index (χ2n) is 8.31. The quantitative estimate of drug-likeness (QED) is 0.414. The molecule has 0 aliphatic carbocycles. The largest absolute Gasteiger partial charge is 0.385 e. The lowest BCUT2D eigenvalue weighted by atomic mass is 9.84. The molecule has 3 heterocycles. The van der Waals surface area contributed by atoms with E-state index in [2.05, 4.69) is 15.2 Å². The first-order valence-corrected chi connectivity index (χ1v) is 11.9. The molecule has 0 saturated carbocycles. The molecule has 4 aromatic rings. The zero-order chi connectivity index (χ0) is 22.7. The minimum absolute atomic E-state index is 0.136. The van der Waals surface area contributed by atoms with E-state index in [-0.39, 0.29) is 5.91 Å². The van der Waals surface area contributed by atoms with Gasteiger partial charge in [-0.2, -0.15) is 0 Å². The van der Waals surface area contributed by atoms with Gasteiger partial charge < -0.3 is 15.3 Å². The first kappa shape index (κ1) is 21.4. The summed E-state index contributed by atoms with van der Waals surface area (Å²) in [6.45, 7) is 1.45. The summed E-state index contributed by atoms with van der Waals surface area (Å²) < 4.78 is 0. The number of hydrogen-bond acceptors (Lipinski definition) is 5. The highest BCUT2D eigenvalue weighted by molar-refractivity contribution is 7.12. The summed E-state index contributed by atoms with van der Waals surface area (Å²) in [6, 6.07) is 25.6. The van der Waals surface area contributed by atoms with Gasteiger partial charge in [0.1, 0.15) is 5.82 Å². The number of rotatable bonds is 5. The van der Waals surface area contributed by atoms with E-state index in [1.807, 2.05) is 84.2 Å². The number of aliphatic hydroxyl groups is 1. The van der Waals surface area contributed by atoms with Gasteiger partial charge in [-0.15, -0.1) is 11.3 Å². The Morgan fingerprint density at radius 3 is 2.30 bits per heavy atom. The van der Waals surface area contributed by atoms with Gasteiger partial charge >= 0.3 is 0 Å². The number of nitrogens with zero attached hydrogens (tertiary/aromatic N) is 2. The van der Waals surface area contributed by atoms with E-state index >= 15 is 0 Å². The van der Waals surface area contributed by atoms with Crippen molar-refractivity contribution in [1.29, 1.82) is 0 Å². The lowest BCUT2D eigenvalue weighted by Gasteiger charge is -2.39. The van der Waals surface area contributed by atoms with Crippen molar-refractivity contribution in [3.63, 3.8) is 0 Å². The Hall–Kier alpha value is -3.48. The molecule has 5 rings (SSSR count). The zero-order valence-electron chi connectivity index (χ0n) is 18.1. The van der Waals surface area contributed by atoms with Gasteiger partial charge in [0.15, 0.2) is 0 Å². The number of pyridine rings is 1. The molecule has 0 unspecified atom stereocenters. The van der Waals surface area contributed by atoms with Crippen LogP contribution in [0.25, 0.3) is 11.1 Å². The first-order chi connectivity index (χ1) is 16.1. The van der Waals surface area contributed by atoms with Crippen molar-refractivity contribution in [3.8, 4) is 11.1 Å². The average molecular weight is 456 g/mol. The molecule has 1 amide bonds. The molecule has 0 radical (unpaired) electrons.